The van der Waals surface area contributed by atoms with Crippen molar-refractivity contribution in [3.8, 4) is 0 Å². The van der Waals surface area contributed by atoms with Crippen molar-refractivity contribution in [3.05, 3.63) is 48.6 Å². The fraction of sp³-hybridized carbons (Fsp3) is 0.0909. The molecule has 0 radical (unpaired) electrons. The van der Waals surface area contributed by atoms with Gasteiger partial charge in [-0.2, -0.15) is 0 Å². The summed E-state index contributed by atoms with van der Waals surface area (Å²) >= 11 is 1.69. The van der Waals surface area contributed by atoms with Gasteiger partial charge in [-0.15, -0.1) is 11.8 Å². The van der Waals surface area contributed by atoms with Crippen LogP contribution in [0, 0.1) is 0 Å². The van der Waals surface area contributed by atoms with Crippen LogP contribution in [0.1, 0.15) is 5.56 Å². The Morgan fingerprint density at radius 3 is 2.85 bits per heavy atom. The molecule has 1 aromatic carbocycles. The summed E-state index contributed by atoms with van der Waals surface area (Å²) in [6.07, 6.45) is 5.81. The van der Waals surface area contributed by atoms with E-state index in [9.17, 15) is 0 Å². The lowest BCUT2D eigenvalue weighted by molar-refractivity contribution is 1.63. The number of nitrogens with two attached hydrogens (primary N) is 1. The van der Waals surface area contributed by atoms with Gasteiger partial charge in [-0.3, -0.25) is 0 Å². The number of allylic oxidation sites excluding steroid dienone is 2. The summed E-state index contributed by atoms with van der Waals surface area (Å²) in [4.78, 5) is 1.18. The van der Waals surface area contributed by atoms with E-state index in [1.807, 2.05) is 36.6 Å². The largest absolute Gasteiger partial charge is 0.399 e. The number of rotatable bonds is 3. The van der Waals surface area contributed by atoms with E-state index in [1.54, 1.807) is 17.8 Å². The molecule has 68 valence electrons. The van der Waals surface area contributed by atoms with Gasteiger partial charge in [0.15, 0.2) is 0 Å². The Hall–Kier alpha value is -1.15. The van der Waals surface area contributed by atoms with E-state index < -0.39 is 0 Å². The van der Waals surface area contributed by atoms with Crippen molar-refractivity contribution in [1.82, 2.24) is 0 Å². The van der Waals surface area contributed by atoms with Gasteiger partial charge in [-0.05, 0) is 30.0 Å². The van der Waals surface area contributed by atoms with Gasteiger partial charge >= 0.3 is 0 Å². The highest BCUT2D eigenvalue weighted by Crippen LogP contribution is 2.26. The molecule has 2 N–H and O–H groups in total. The molecule has 2 heteroatoms. The lowest BCUT2D eigenvalue weighted by Gasteiger charge is -2.03. The molecule has 0 heterocycles. The molecular formula is C11H13NS. The average Bonchev–Trinajstić information content (AvgIpc) is 2.14. The predicted octanol–water partition coefficient (Wildman–Crippen LogP) is 3.16. The van der Waals surface area contributed by atoms with Crippen LogP contribution < -0.4 is 5.73 Å². The molecule has 0 aliphatic carbocycles. The van der Waals surface area contributed by atoms with Gasteiger partial charge in [-0.1, -0.05) is 24.8 Å². The summed E-state index contributed by atoms with van der Waals surface area (Å²) in [6.45, 7) is 3.68. The van der Waals surface area contributed by atoms with Crippen LogP contribution in [0.3, 0.4) is 0 Å². The van der Waals surface area contributed by atoms with Crippen molar-refractivity contribution in [2.45, 2.75) is 0 Å². The number of anilines is 1. The van der Waals surface area contributed by atoms with Crippen molar-refractivity contribution in [2.24, 2.45) is 0 Å². The smallest absolute Gasteiger partial charge is 0.0320 e. The first-order chi connectivity index (χ1) is 6.27. The van der Waals surface area contributed by atoms with E-state index in [0.29, 0.717) is 0 Å². The highest BCUT2D eigenvalue weighted by molar-refractivity contribution is 8.07. The summed E-state index contributed by atoms with van der Waals surface area (Å²) in [5.74, 6) is 0. The topological polar surface area (TPSA) is 26.0 Å². The maximum Gasteiger partial charge on any atom is 0.0320 e. The van der Waals surface area contributed by atoms with Crippen LogP contribution in [0.15, 0.2) is 43.0 Å². The molecule has 0 bridgehead atoms. The van der Waals surface area contributed by atoms with Crippen LogP contribution in [-0.4, -0.2) is 6.26 Å². The molecule has 0 atom stereocenters. The number of benzene rings is 1. The zero-order valence-electron chi connectivity index (χ0n) is 7.66. The molecule has 1 nitrogen and oxygen atoms in total. The van der Waals surface area contributed by atoms with Gasteiger partial charge in [0.2, 0.25) is 0 Å². The molecule has 0 aliphatic rings. The fourth-order valence-electron chi connectivity index (χ4n) is 1.08. The third-order valence-corrected chi connectivity index (χ3v) is 2.47. The van der Waals surface area contributed by atoms with Crippen molar-refractivity contribution < 1.29 is 0 Å². The number of nitrogen functional groups attached to an aromatic ring is 1. The third-order valence-electron chi connectivity index (χ3n) is 1.66. The monoisotopic (exact) mass is 191 g/mol. The molecule has 0 aromatic heterocycles. The van der Waals surface area contributed by atoms with E-state index in [1.165, 1.54) is 4.91 Å². The van der Waals surface area contributed by atoms with Gasteiger partial charge in [-0.25, -0.2) is 0 Å². The van der Waals surface area contributed by atoms with Crippen molar-refractivity contribution in [2.75, 3.05) is 12.0 Å². The molecule has 1 aromatic rings. The second-order valence-electron chi connectivity index (χ2n) is 2.60. The summed E-state index contributed by atoms with van der Waals surface area (Å²) in [5, 5.41) is 0. The van der Waals surface area contributed by atoms with E-state index in [2.05, 4.69) is 6.58 Å². The molecule has 0 spiro atoms. The van der Waals surface area contributed by atoms with Crippen LogP contribution in [-0.2, 0) is 0 Å². The molecule has 1 rings (SSSR count). The lowest BCUT2D eigenvalue weighted by atomic mass is 10.2. The van der Waals surface area contributed by atoms with Gasteiger partial charge in [0.05, 0.1) is 0 Å². The second kappa shape index (κ2) is 4.77. The zero-order valence-corrected chi connectivity index (χ0v) is 8.47. The highest BCUT2D eigenvalue weighted by atomic mass is 32.2. The normalized spacial score (nSPS) is 11.3. The van der Waals surface area contributed by atoms with Crippen molar-refractivity contribution >= 4 is 22.4 Å². The highest BCUT2D eigenvalue weighted by Gasteiger charge is 1.98. The van der Waals surface area contributed by atoms with Crippen LogP contribution in [0.4, 0.5) is 5.69 Å². The summed E-state index contributed by atoms with van der Waals surface area (Å²) in [5.41, 5.74) is 7.62. The van der Waals surface area contributed by atoms with Gasteiger partial charge < -0.3 is 5.73 Å². The average molecular weight is 191 g/mol. The quantitative estimate of drug-likeness (QED) is 0.586. The van der Waals surface area contributed by atoms with E-state index in [4.69, 9.17) is 5.73 Å². The Kier molecular flexibility index (Phi) is 3.65. The standard InChI is InChI=1S/C11H13NS/c1-3-5-11(13-2)9-6-4-7-10(12)8-9/h3-8H,1,12H2,2H3/b11-5-. The minimum atomic E-state index is 0.793. The molecular weight excluding hydrogens is 178 g/mol. The molecule has 0 aliphatic heterocycles. The Morgan fingerprint density at radius 1 is 1.54 bits per heavy atom. The zero-order chi connectivity index (χ0) is 9.68. The first-order valence-electron chi connectivity index (χ1n) is 4.00. The predicted molar refractivity (Wildman–Crippen MR) is 62.5 cm³/mol. The Balaban J connectivity index is 3.05. The Bertz CT molecular complexity index is 329. The number of hydrogen-bond donors (Lipinski definition) is 1. The number of thioether (sulfide) groups is 1. The maximum atomic E-state index is 5.68. The molecule has 0 saturated heterocycles. The van der Waals surface area contributed by atoms with E-state index >= 15 is 0 Å². The van der Waals surface area contributed by atoms with E-state index in [-0.39, 0.29) is 0 Å². The van der Waals surface area contributed by atoms with Crippen LogP contribution in [0.2, 0.25) is 0 Å². The summed E-state index contributed by atoms with van der Waals surface area (Å²) in [7, 11) is 0. The first kappa shape index (κ1) is 9.93. The Morgan fingerprint density at radius 2 is 2.31 bits per heavy atom. The van der Waals surface area contributed by atoms with Crippen LogP contribution in [0.5, 0.6) is 0 Å². The SMILES string of the molecule is C=C/C=C(\SC)c1cccc(N)c1. The second-order valence-corrected chi connectivity index (χ2v) is 3.44. The van der Waals surface area contributed by atoms with Crippen LogP contribution >= 0.6 is 11.8 Å². The van der Waals surface area contributed by atoms with Gasteiger partial charge in [0, 0.05) is 10.6 Å². The maximum absolute atomic E-state index is 5.68. The van der Waals surface area contributed by atoms with Crippen LogP contribution in [0.25, 0.3) is 4.91 Å². The van der Waals surface area contributed by atoms with Crippen molar-refractivity contribution in [3.63, 3.8) is 0 Å². The molecule has 0 fully saturated rings. The third kappa shape index (κ3) is 2.67. The van der Waals surface area contributed by atoms with Gasteiger partial charge in [0.25, 0.3) is 0 Å². The minimum absolute atomic E-state index is 0.793. The lowest BCUT2D eigenvalue weighted by Crippen LogP contribution is -1.86. The molecule has 0 unspecified atom stereocenters. The van der Waals surface area contributed by atoms with E-state index in [0.717, 1.165) is 11.3 Å². The fourth-order valence-corrected chi connectivity index (χ4v) is 1.68. The molecule has 0 amide bonds. The molecule has 0 saturated carbocycles. The minimum Gasteiger partial charge on any atom is -0.399 e. The summed E-state index contributed by atoms with van der Waals surface area (Å²) in [6, 6.07) is 7.85. The Labute approximate surface area is 83.3 Å². The molecule has 13 heavy (non-hydrogen) atoms. The van der Waals surface area contributed by atoms with Gasteiger partial charge in [0.1, 0.15) is 0 Å². The number of hydrogen-bond acceptors (Lipinski definition) is 2. The summed E-state index contributed by atoms with van der Waals surface area (Å²) < 4.78 is 0. The first-order valence-corrected chi connectivity index (χ1v) is 5.23. The van der Waals surface area contributed by atoms with Crippen molar-refractivity contribution in [1.29, 1.82) is 0 Å².